The molecule has 1 unspecified atom stereocenters. The molecule has 0 fully saturated rings. The van der Waals surface area contributed by atoms with Gasteiger partial charge in [0.05, 0.1) is 0 Å². The third kappa shape index (κ3) is 6.39. The molecule has 0 aliphatic carbocycles. The van der Waals surface area contributed by atoms with Crippen LogP contribution in [0.25, 0.3) is 0 Å². The van der Waals surface area contributed by atoms with Crippen LogP contribution in [0.5, 0.6) is 0 Å². The molecule has 2 nitrogen and oxygen atoms in total. The molecule has 18 heavy (non-hydrogen) atoms. The van der Waals surface area contributed by atoms with Gasteiger partial charge < -0.3 is 10.5 Å². The van der Waals surface area contributed by atoms with E-state index in [9.17, 15) is 0 Å². The van der Waals surface area contributed by atoms with Gasteiger partial charge in [-0.25, -0.2) is 0 Å². The fourth-order valence-corrected chi connectivity index (χ4v) is 1.92. The Morgan fingerprint density at radius 3 is 2.50 bits per heavy atom. The summed E-state index contributed by atoms with van der Waals surface area (Å²) < 4.78 is 5.57. The summed E-state index contributed by atoms with van der Waals surface area (Å²) in [6, 6.07) is 7.98. The Kier molecular flexibility index (Phi) is 7.33. The summed E-state index contributed by atoms with van der Waals surface area (Å²) in [5.41, 5.74) is 7.20. The van der Waals surface area contributed by atoms with Crippen molar-refractivity contribution in [3.63, 3.8) is 0 Å². The molecule has 1 rings (SSSR count). The van der Waals surface area contributed by atoms with Gasteiger partial charge in [0, 0.05) is 24.3 Å². The van der Waals surface area contributed by atoms with Crippen molar-refractivity contribution in [1.82, 2.24) is 0 Å². The Morgan fingerprint density at radius 2 is 1.83 bits per heavy atom. The second kappa shape index (κ2) is 8.52. The second-order valence-corrected chi connectivity index (χ2v) is 5.55. The molecule has 0 amide bonds. The maximum atomic E-state index is 6.10. The van der Waals surface area contributed by atoms with E-state index in [0.29, 0.717) is 5.92 Å². The zero-order chi connectivity index (χ0) is 13.4. The number of ether oxygens (including phenoxy) is 1. The van der Waals surface area contributed by atoms with Gasteiger partial charge in [0.1, 0.15) is 0 Å². The molecule has 0 bridgehead atoms. The third-order valence-corrected chi connectivity index (χ3v) is 3.28. The van der Waals surface area contributed by atoms with Gasteiger partial charge in [-0.15, -0.1) is 0 Å². The molecular formula is C15H24ClNO. The minimum absolute atomic E-state index is 0.115. The van der Waals surface area contributed by atoms with Gasteiger partial charge in [-0.2, -0.15) is 0 Å². The lowest BCUT2D eigenvalue weighted by molar-refractivity contribution is 0.117. The molecule has 1 atom stereocenters. The third-order valence-electron chi connectivity index (χ3n) is 2.91. The van der Waals surface area contributed by atoms with Crippen LogP contribution in [0.2, 0.25) is 5.02 Å². The largest absolute Gasteiger partial charge is 0.381 e. The molecule has 0 aliphatic heterocycles. The molecule has 102 valence electrons. The van der Waals surface area contributed by atoms with Crippen LogP contribution in [-0.4, -0.2) is 19.3 Å². The van der Waals surface area contributed by atoms with Gasteiger partial charge in [0.25, 0.3) is 0 Å². The SMILES string of the molecule is CC(C)CCOCCC(N)Cc1ccccc1Cl. The molecular weight excluding hydrogens is 246 g/mol. The van der Waals surface area contributed by atoms with Crippen molar-refractivity contribution in [2.75, 3.05) is 13.2 Å². The molecule has 0 aliphatic rings. The Hall–Kier alpha value is -0.570. The summed E-state index contributed by atoms with van der Waals surface area (Å²) in [7, 11) is 0. The smallest absolute Gasteiger partial charge is 0.0480 e. The van der Waals surface area contributed by atoms with E-state index >= 15 is 0 Å². The molecule has 1 aromatic rings. The average molecular weight is 270 g/mol. The van der Waals surface area contributed by atoms with Crippen molar-refractivity contribution in [2.24, 2.45) is 11.7 Å². The van der Waals surface area contributed by atoms with Gasteiger partial charge in [-0.05, 0) is 36.8 Å². The molecule has 0 spiro atoms. The normalized spacial score (nSPS) is 12.9. The monoisotopic (exact) mass is 269 g/mol. The molecule has 1 aromatic carbocycles. The van der Waals surface area contributed by atoms with Gasteiger partial charge in [-0.1, -0.05) is 43.6 Å². The summed E-state index contributed by atoms with van der Waals surface area (Å²) in [4.78, 5) is 0. The quantitative estimate of drug-likeness (QED) is 0.731. The molecule has 2 N–H and O–H groups in total. The maximum absolute atomic E-state index is 6.10. The number of nitrogens with two attached hydrogens (primary N) is 1. The lowest BCUT2D eigenvalue weighted by Crippen LogP contribution is -2.25. The first-order chi connectivity index (χ1) is 8.59. The zero-order valence-electron chi connectivity index (χ0n) is 11.4. The highest BCUT2D eigenvalue weighted by Gasteiger charge is 2.06. The van der Waals surface area contributed by atoms with Crippen LogP contribution in [0.15, 0.2) is 24.3 Å². The summed E-state index contributed by atoms with van der Waals surface area (Å²) in [5, 5.41) is 0.800. The van der Waals surface area contributed by atoms with Crippen LogP contribution in [0, 0.1) is 5.92 Å². The molecule has 0 radical (unpaired) electrons. The predicted octanol–water partition coefficient (Wildman–Crippen LogP) is 3.66. The van der Waals surface area contributed by atoms with Crippen LogP contribution < -0.4 is 5.73 Å². The van der Waals surface area contributed by atoms with Gasteiger partial charge >= 0.3 is 0 Å². The highest BCUT2D eigenvalue weighted by Crippen LogP contribution is 2.16. The van der Waals surface area contributed by atoms with Crippen LogP contribution >= 0.6 is 11.6 Å². The van der Waals surface area contributed by atoms with E-state index in [1.54, 1.807) is 0 Å². The molecule has 0 aromatic heterocycles. The van der Waals surface area contributed by atoms with E-state index in [1.165, 1.54) is 0 Å². The first-order valence-corrected chi connectivity index (χ1v) is 7.04. The van der Waals surface area contributed by atoms with Gasteiger partial charge in [0.15, 0.2) is 0 Å². The minimum Gasteiger partial charge on any atom is -0.381 e. The highest BCUT2D eigenvalue weighted by molar-refractivity contribution is 6.31. The molecule has 0 heterocycles. The Balaban J connectivity index is 2.18. The standard InChI is InChI=1S/C15H24ClNO/c1-12(2)7-9-18-10-8-14(17)11-13-5-3-4-6-15(13)16/h3-6,12,14H,7-11,17H2,1-2H3. The van der Waals surface area contributed by atoms with Crippen molar-refractivity contribution in [2.45, 2.75) is 39.2 Å². The first kappa shape index (κ1) is 15.5. The van der Waals surface area contributed by atoms with E-state index in [2.05, 4.69) is 13.8 Å². The fraction of sp³-hybridized carbons (Fsp3) is 0.600. The van der Waals surface area contributed by atoms with Crippen molar-refractivity contribution in [1.29, 1.82) is 0 Å². The molecule has 3 heteroatoms. The minimum atomic E-state index is 0.115. The fourth-order valence-electron chi connectivity index (χ4n) is 1.70. The van der Waals surface area contributed by atoms with Crippen molar-refractivity contribution < 1.29 is 4.74 Å². The van der Waals surface area contributed by atoms with E-state index in [4.69, 9.17) is 22.1 Å². The first-order valence-electron chi connectivity index (χ1n) is 6.66. The van der Waals surface area contributed by atoms with E-state index < -0.39 is 0 Å². The average Bonchev–Trinajstić information content (AvgIpc) is 2.31. The lowest BCUT2D eigenvalue weighted by atomic mass is 10.0. The summed E-state index contributed by atoms with van der Waals surface area (Å²) >= 11 is 6.10. The molecule has 0 saturated heterocycles. The number of benzene rings is 1. The second-order valence-electron chi connectivity index (χ2n) is 5.14. The Morgan fingerprint density at radius 1 is 1.17 bits per heavy atom. The van der Waals surface area contributed by atoms with Crippen LogP contribution in [-0.2, 0) is 11.2 Å². The van der Waals surface area contributed by atoms with Crippen molar-refractivity contribution in [3.8, 4) is 0 Å². The van der Waals surface area contributed by atoms with E-state index in [-0.39, 0.29) is 6.04 Å². The van der Waals surface area contributed by atoms with Crippen LogP contribution in [0.4, 0.5) is 0 Å². The topological polar surface area (TPSA) is 35.2 Å². The van der Waals surface area contributed by atoms with Crippen molar-refractivity contribution >= 4 is 11.6 Å². The Bertz CT molecular complexity index is 341. The van der Waals surface area contributed by atoms with Crippen molar-refractivity contribution in [3.05, 3.63) is 34.9 Å². The zero-order valence-corrected chi connectivity index (χ0v) is 12.1. The lowest BCUT2D eigenvalue weighted by Gasteiger charge is -2.13. The number of hydrogen-bond acceptors (Lipinski definition) is 2. The summed E-state index contributed by atoms with van der Waals surface area (Å²) in [5.74, 6) is 0.696. The number of halogens is 1. The maximum Gasteiger partial charge on any atom is 0.0480 e. The molecule has 0 saturated carbocycles. The highest BCUT2D eigenvalue weighted by atomic mass is 35.5. The van der Waals surface area contributed by atoms with Gasteiger partial charge in [0.2, 0.25) is 0 Å². The van der Waals surface area contributed by atoms with Crippen LogP contribution in [0.3, 0.4) is 0 Å². The van der Waals surface area contributed by atoms with Crippen LogP contribution in [0.1, 0.15) is 32.3 Å². The number of hydrogen-bond donors (Lipinski definition) is 1. The summed E-state index contributed by atoms with van der Waals surface area (Å²) in [6.07, 6.45) is 2.80. The van der Waals surface area contributed by atoms with E-state index in [1.807, 2.05) is 24.3 Å². The predicted molar refractivity (Wildman–Crippen MR) is 78.0 cm³/mol. The van der Waals surface area contributed by atoms with E-state index in [0.717, 1.165) is 43.1 Å². The Labute approximate surface area is 115 Å². The number of rotatable bonds is 8. The van der Waals surface area contributed by atoms with Gasteiger partial charge in [-0.3, -0.25) is 0 Å². The summed E-state index contributed by atoms with van der Waals surface area (Å²) in [6.45, 7) is 5.97.